The van der Waals surface area contributed by atoms with Gasteiger partial charge in [-0.3, -0.25) is 0 Å². The van der Waals surface area contributed by atoms with E-state index in [0.29, 0.717) is 23.6 Å². The van der Waals surface area contributed by atoms with Crippen molar-refractivity contribution in [2.45, 2.75) is 86.0 Å². The maximum absolute atomic E-state index is 13.4. The summed E-state index contributed by atoms with van der Waals surface area (Å²) < 4.78 is 17.1. The summed E-state index contributed by atoms with van der Waals surface area (Å²) in [4.78, 5) is 26.1. The molecule has 6 heteroatoms. The van der Waals surface area contributed by atoms with Crippen LogP contribution in [0.3, 0.4) is 0 Å². The molecule has 1 aliphatic heterocycles. The van der Waals surface area contributed by atoms with E-state index in [4.69, 9.17) is 14.0 Å². The van der Waals surface area contributed by atoms with E-state index in [2.05, 4.69) is 67.5 Å². The van der Waals surface area contributed by atoms with Crippen LogP contribution >= 0.6 is 6.83 Å². The minimum atomic E-state index is -3.51. The number of hydrogen-bond acceptors (Lipinski definition) is 5. The number of hydrogen-bond donors (Lipinski definition) is 0. The van der Waals surface area contributed by atoms with Gasteiger partial charge >= 0.3 is 200 Å². The Hall–Kier alpha value is -1.87. The van der Waals surface area contributed by atoms with Crippen LogP contribution in [0.2, 0.25) is 0 Å². The molecule has 186 valence electrons. The van der Waals surface area contributed by atoms with E-state index >= 15 is 0 Å². The number of rotatable bonds is 10. The average molecular weight is 479 g/mol. The van der Waals surface area contributed by atoms with Crippen LogP contribution < -0.4 is 5.30 Å². The molecule has 0 atom stereocenters. The molecule has 1 aliphatic rings. The summed E-state index contributed by atoms with van der Waals surface area (Å²) in [6.07, 6.45) is 3.05. The standard InChI is InChI=1S/C27H43O5P/c1-11-13-33(14-12-2,25(27(29)31-10)23(32-33)26(28)30-9)24-21(18(5)6)15-20(17(3)4)16-22(24)19(7)8/h15-19H,11-14H2,1-10H3. The molecule has 0 aromatic heterocycles. The van der Waals surface area contributed by atoms with Crippen molar-refractivity contribution in [3.8, 4) is 0 Å². The van der Waals surface area contributed by atoms with Gasteiger partial charge in [-0.1, -0.05) is 0 Å². The Morgan fingerprint density at radius 1 is 0.818 bits per heavy atom. The topological polar surface area (TPSA) is 61.8 Å². The van der Waals surface area contributed by atoms with E-state index in [0.717, 1.165) is 18.1 Å². The molecule has 5 nitrogen and oxygen atoms in total. The second kappa shape index (κ2) is 10.2. The zero-order valence-corrected chi connectivity index (χ0v) is 23.1. The van der Waals surface area contributed by atoms with Gasteiger partial charge in [0.1, 0.15) is 0 Å². The molecule has 0 N–H and O–H groups in total. The summed E-state index contributed by atoms with van der Waals surface area (Å²) in [7, 11) is 2.69. The molecule has 0 bridgehead atoms. The fourth-order valence-corrected chi connectivity index (χ4v) is 12.5. The van der Waals surface area contributed by atoms with Crippen LogP contribution in [-0.4, -0.2) is 38.5 Å². The second-order valence-electron chi connectivity index (χ2n) is 10.1. The molecule has 0 aliphatic carbocycles. The zero-order chi connectivity index (χ0) is 25.2. The molecule has 1 heterocycles. The number of esters is 2. The van der Waals surface area contributed by atoms with Gasteiger partial charge in [-0.15, -0.1) is 0 Å². The first-order valence-electron chi connectivity index (χ1n) is 12.2. The van der Waals surface area contributed by atoms with E-state index in [1.165, 1.54) is 30.9 Å². The zero-order valence-electron chi connectivity index (χ0n) is 22.2. The van der Waals surface area contributed by atoms with Crippen molar-refractivity contribution in [2.75, 3.05) is 26.5 Å². The molecule has 0 amide bonds. The molecule has 1 aromatic rings. The Morgan fingerprint density at radius 3 is 1.61 bits per heavy atom. The molecule has 33 heavy (non-hydrogen) atoms. The van der Waals surface area contributed by atoms with Crippen molar-refractivity contribution >= 4 is 24.1 Å². The van der Waals surface area contributed by atoms with Crippen molar-refractivity contribution in [1.82, 2.24) is 0 Å². The number of ether oxygens (including phenoxy) is 2. The van der Waals surface area contributed by atoms with Gasteiger partial charge in [-0.25, -0.2) is 0 Å². The van der Waals surface area contributed by atoms with Gasteiger partial charge in [-0.05, 0) is 0 Å². The third kappa shape index (κ3) is 4.34. The van der Waals surface area contributed by atoms with Crippen LogP contribution in [-0.2, 0) is 23.6 Å². The van der Waals surface area contributed by atoms with Crippen molar-refractivity contribution in [1.29, 1.82) is 0 Å². The van der Waals surface area contributed by atoms with Crippen molar-refractivity contribution in [3.63, 3.8) is 0 Å². The van der Waals surface area contributed by atoms with Crippen LogP contribution in [0.1, 0.15) is 103 Å². The van der Waals surface area contributed by atoms with Gasteiger partial charge in [-0.2, -0.15) is 0 Å². The number of methoxy groups -OCH3 is 2. The van der Waals surface area contributed by atoms with E-state index in [9.17, 15) is 9.59 Å². The van der Waals surface area contributed by atoms with Crippen molar-refractivity contribution in [2.24, 2.45) is 0 Å². The number of benzene rings is 1. The fourth-order valence-electron chi connectivity index (χ4n) is 5.41. The van der Waals surface area contributed by atoms with Crippen LogP contribution in [0.15, 0.2) is 23.2 Å². The van der Waals surface area contributed by atoms with Crippen LogP contribution in [0.4, 0.5) is 0 Å². The first kappa shape index (κ1) is 27.4. The van der Waals surface area contributed by atoms with E-state index in [-0.39, 0.29) is 17.6 Å². The first-order chi connectivity index (χ1) is 15.4. The van der Waals surface area contributed by atoms with Gasteiger partial charge in [0.05, 0.1) is 0 Å². The monoisotopic (exact) mass is 478 g/mol. The Balaban J connectivity index is 3.17. The predicted octanol–water partition coefficient (Wildman–Crippen LogP) is 6.56. The normalized spacial score (nSPS) is 17.9. The molecule has 0 unspecified atom stereocenters. The Kier molecular flexibility index (Phi) is 8.44. The summed E-state index contributed by atoms with van der Waals surface area (Å²) in [5, 5.41) is 1.59. The Morgan fingerprint density at radius 2 is 1.27 bits per heavy atom. The Labute approximate surface area is 200 Å². The molecular formula is C27H43O5P. The third-order valence-corrected chi connectivity index (χ3v) is 13.2. The van der Waals surface area contributed by atoms with Crippen LogP contribution in [0, 0.1) is 0 Å². The van der Waals surface area contributed by atoms with Crippen LogP contribution in [0.25, 0.3) is 0 Å². The molecule has 0 fully saturated rings. The summed E-state index contributed by atoms with van der Waals surface area (Å²) in [6, 6.07) is 4.59. The number of carbonyl (C=O) groups excluding carboxylic acids is 2. The summed E-state index contributed by atoms with van der Waals surface area (Å²) >= 11 is 0. The van der Waals surface area contributed by atoms with E-state index in [1.807, 2.05) is 0 Å². The fraction of sp³-hybridized carbons (Fsp3) is 0.630. The van der Waals surface area contributed by atoms with Crippen LogP contribution in [0.5, 0.6) is 0 Å². The SMILES string of the molecule is CCCP1(CCC)(c2c(C(C)C)cc(C(C)C)cc2C(C)C)OC(C(=O)OC)=C1C(=O)OC. The molecule has 0 saturated heterocycles. The molecule has 1 aromatic carbocycles. The summed E-state index contributed by atoms with van der Waals surface area (Å²) in [6.45, 7) is 13.9. The molecule has 2 rings (SSSR count). The maximum atomic E-state index is 13.4. The molecule has 0 saturated carbocycles. The summed E-state index contributed by atoms with van der Waals surface area (Å²) in [5.74, 6) is -0.219. The third-order valence-electron chi connectivity index (χ3n) is 6.81. The van der Waals surface area contributed by atoms with Gasteiger partial charge in [0.2, 0.25) is 0 Å². The van der Waals surface area contributed by atoms with Gasteiger partial charge in [0, 0.05) is 0 Å². The summed E-state index contributed by atoms with van der Waals surface area (Å²) in [5.41, 5.74) is 3.72. The van der Waals surface area contributed by atoms with Gasteiger partial charge in [0.15, 0.2) is 0 Å². The quantitative estimate of drug-likeness (QED) is 0.282. The minimum absolute atomic E-state index is 0.0289. The first-order valence-corrected chi connectivity index (χ1v) is 14.8. The second-order valence-corrected chi connectivity index (χ2v) is 14.9. The number of carbonyl (C=O) groups is 2. The van der Waals surface area contributed by atoms with Gasteiger partial charge in [0.25, 0.3) is 0 Å². The molecule has 0 spiro atoms. The van der Waals surface area contributed by atoms with Crippen molar-refractivity contribution in [3.05, 3.63) is 39.9 Å². The van der Waals surface area contributed by atoms with Crippen molar-refractivity contribution < 1.29 is 23.6 Å². The van der Waals surface area contributed by atoms with E-state index in [1.54, 1.807) is 0 Å². The van der Waals surface area contributed by atoms with Gasteiger partial charge < -0.3 is 0 Å². The Bertz CT molecular complexity index is 907. The van der Waals surface area contributed by atoms with E-state index < -0.39 is 18.8 Å². The predicted molar refractivity (Wildman–Crippen MR) is 138 cm³/mol. The molecular weight excluding hydrogens is 435 g/mol. The average Bonchev–Trinajstić information content (AvgIpc) is 2.75. The molecule has 0 radical (unpaired) electrons.